The Bertz CT molecular complexity index is 119. The van der Waals surface area contributed by atoms with Crippen molar-refractivity contribution in [2.45, 2.75) is 13.8 Å². The molecule has 0 heterocycles. The van der Waals surface area contributed by atoms with Crippen LogP contribution in [0.5, 0.6) is 0 Å². The van der Waals surface area contributed by atoms with Crippen molar-refractivity contribution < 1.29 is 9.53 Å². The number of carbonyl (C=O) groups excluding carboxylic acids is 1. The molecule has 0 radical (unpaired) electrons. The maximum atomic E-state index is 10.1. The lowest BCUT2D eigenvalue weighted by Crippen LogP contribution is -2.03. The molecule has 0 saturated carbocycles. The molecular formula is C6H10BrNO2. The van der Waals surface area contributed by atoms with E-state index in [0.717, 1.165) is 0 Å². The zero-order chi connectivity index (χ0) is 8.41. The lowest BCUT2D eigenvalue weighted by atomic mass is 10.8. The normalized spacial score (nSPS) is 6.60. The highest BCUT2D eigenvalue weighted by Gasteiger charge is 1.92. The molecule has 58 valence electrons. The number of nitriles is 1. The van der Waals surface area contributed by atoms with E-state index in [4.69, 9.17) is 5.26 Å². The Balaban J connectivity index is 0. The molecule has 3 nitrogen and oxygen atoms in total. The van der Waals surface area contributed by atoms with Crippen LogP contribution in [0.15, 0.2) is 0 Å². The van der Waals surface area contributed by atoms with Gasteiger partial charge in [-0.25, -0.2) is 0 Å². The molecule has 0 unspecified atom stereocenters. The molecule has 10 heavy (non-hydrogen) atoms. The minimum Gasteiger partial charge on any atom is -0.465 e. The Kier molecular flexibility index (Phi) is 13.7. The highest BCUT2D eigenvalue weighted by Crippen LogP contribution is 1.82. The van der Waals surface area contributed by atoms with Gasteiger partial charge in [0.15, 0.2) is 0 Å². The summed E-state index contributed by atoms with van der Waals surface area (Å²) in [5.41, 5.74) is 0. The van der Waals surface area contributed by atoms with Crippen molar-refractivity contribution in [2.24, 2.45) is 0 Å². The van der Waals surface area contributed by atoms with Crippen molar-refractivity contribution in [2.75, 3.05) is 11.9 Å². The van der Waals surface area contributed by atoms with Gasteiger partial charge in [0.2, 0.25) is 0 Å². The molecule has 0 fully saturated rings. The van der Waals surface area contributed by atoms with Crippen LogP contribution in [0.2, 0.25) is 0 Å². The fraction of sp³-hybridized carbons (Fsp3) is 0.667. The summed E-state index contributed by atoms with van der Waals surface area (Å²) >= 11 is 2.94. The van der Waals surface area contributed by atoms with E-state index >= 15 is 0 Å². The Labute approximate surface area is 69.1 Å². The van der Waals surface area contributed by atoms with Crippen LogP contribution in [0, 0.1) is 11.3 Å². The molecule has 0 aromatic rings. The summed E-state index contributed by atoms with van der Waals surface area (Å²) in [6, 6.07) is 1.75. The second-order valence-electron chi connectivity index (χ2n) is 1.16. The van der Waals surface area contributed by atoms with Gasteiger partial charge >= 0.3 is 5.97 Å². The Morgan fingerprint density at radius 2 is 2.20 bits per heavy atom. The zero-order valence-corrected chi connectivity index (χ0v) is 7.64. The van der Waals surface area contributed by atoms with Gasteiger partial charge in [-0.05, 0) is 6.92 Å². The van der Waals surface area contributed by atoms with E-state index in [0.29, 0.717) is 11.9 Å². The lowest BCUT2D eigenvalue weighted by Gasteiger charge is -1.92. The highest BCUT2D eigenvalue weighted by molar-refractivity contribution is 9.09. The minimum absolute atomic E-state index is 0.206. The minimum atomic E-state index is -0.206. The maximum Gasteiger partial charge on any atom is 0.316 e. The van der Waals surface area contributed by atoms with E-state index < -0.39 is 0 Å². The predicted molar refractivity (Wildman–Crippen MR) is 41.7 cm³/mol. The summed E-state index contributed by atoms with van der Waals surface area (Å²) in [7, 11) is 0. The molecule has 0 atom stereocenters. The van der Waals surface area contributed by atoms with E-state index in [-0.39, 0.29) is 5.97 Å². The molecule has 0 aliphatic rings. The van der Waals surface area contributed by atoms with Crippen LogP contribution in [0.3, 0.4) is 0 Å². The van der Waals surface area contributed by atoms with Crippen LogP contribution < -0.4 is 0 Å². The number of halogens is 1. The number of nitrogens with zero attached hydrogens (tertiary/aromatic N) is 1. The highest BCUT2D eigenvalue weighted by atomic mass is 79.9. The van der Waals surface area contributed by atoms with Gasteiger partial charge in [-0.15, -0.1) is 0 Å². The van der Waals surface area contributed by atoms with Crippen LogP contribution >= 0.6 is 15.9 Å². The van der Waals surface area contributed by atoms with Gasteiger partial charge in [0.25, 0.3) is 0 Å². The first-order chi connectivity index (χ1) is 4.72. The number of hydrogen-bond acceptors (Lipinski definition) is 3. The van der Waals surface area contributed by atoms with Crippen LogP contribution in [-0.2, 0) is 9.53 Å². The summed E-state index contributed by atoms with van der Waals surface area (Å²) in [6.07, 6.45) is 0. The number of esters is 1. The average molecular weight is 208 g/mol. The molecule has 0 rings (SSSR count). The largest absolute Gasteiger partial charge is 0.465 e. The summed E-state index contributed by atoms with van der Waals surface area (Å²) in [5.74, 6) is -0.206. The molecular weight excluding hydrogens is 198 g/mol. The van der Waals surface area contributed by atoms with Crippen molar-refractivity contribution in [3.63, 3.8) is 0 Å². The Morgan fingerprint density at radius 3 is 2.30 bits per heavy atom. The van der Waals surface area contributed by atoms with Gasteiger partial charge in [0.1, 0.15) is 5.33 Å². The molecule has 0 spiro atoms. The summed E-state index contributed by atoms with van der Waals surface area (Å²) in [6.45, 7) is 3.67. The van der Waals surface area contributed by atoms with E-state index in [1.54, 1.807) is 13.0 Å². The number of ether oxygens (including phenoxy) is 1. The smallest absolute Gasteiger partial charge is 0.316 e. The average Bonchev–Trinajstić information content (AvgIpc) is 1.90. The molecule has 0 aliphatic carbocycles. The monoisotopic (exact) mass is 207 g/mol. The molecule has 0 amide bonds. The third kappa shape index (κ3) is 15.7. The first kappa shape index (κ1) is 12.1. The molecule has 4 heteroatoms. The molecule has 0 bridgehead atoms. The third-order valence-corrected chi connectivity index (χ3v) is 0.872. The zero-order valence-electron chi connectivity index (χ0n) is 6.06. The summed E-state index contributed by atoms with van der Waals surface area (Å²) in [4.78, 5) is 10.1. The van der Waals surface area contributed by atoms with Crippen molar-refractivity contribution in [1.29, 1.82) is 5.26 Å². The van der Waals surface area contributed by atoms with E-state index in [9.17, 15) is 4.79 Å². The van der Waals surface area contributed by atoms with Gasteiger partial charge in [0.05, 0.1) is 12.7 Å². The second kappa shape index (κ2) is 11.3. The topological polar surface area (TPSA) is 50.1 Å². The standard InChI is InChI=1S/C4H7BrO2.C2H3N/c1-2-7-4(6)3-5;1-2-3/h2-3H2,1H3;1H3. The van der Waals surface area contributed by atoms with E-state index in [2.05, 4.69) is 20.7 Å². The molecule has 0 N–H and O–H groups in total. The molecule has 0 aromatic carbocycles. The van der Waals surface area contributed by atoms with Crippen molar-refractivity contribution in [3.8, 4) is 6.07 Å². The van der Waals surface area contributed by atoms with Crippen LogP contribution in [-0.4, -0.2) is 17.9 Å². The third-order valence-electron chi connectivity index (χ3n) is 0.414. The second-order valence-corrected chi connectivity index (χ2v) is 1.72. The predicted octanol–water partition coefficient (Wildman–Crippen LogP) is 1.47. The SMILES string of the molecule is CC#N.CCOC(=O)CBr. The first-order valence-electron chi connectivity index (χ1n) is 2.75. The van der Waals surface area contributed by atoms with Gasteiger partial charge in [-0.2, -0.15) is 5.26 Å². The fourth-order valence-corrected chi connectivity index (χ4v) is 0.361. The van der Waals surface area contributed by atoms with Crippen molar-refractivity contribution >= 4 is 21.9 Å². The van der Waals surface area contributed by atoms with E-state index in [1.165, 1.54) is 6.92 Å². The van der Waals surface area contributed by atoms with Crippen LogP contribution in [0.1, 0.15) is 13.8 Å². The van der Waals surface area contributed by atoms with E-state index in [1.807, 2.05) is 0 Å². The number of rotatable bonds is 2. The van der Waals surface area contributed by atoms with Gasteiger partial charge in [0, 0.05) is 6.92 Å². The number of alkyl halides is 1. The first-order valence-corrected chi connectivity index (χ1v) is 3.87. The summed E-state index contributed by atoms with van der Waals surface area (Å²) in [5, 5.41) is 7.61. The maximum absolute atomic E-state index is 10.1. The lowest BCUT2D eigenvalue weighted by molar-refractivity contribution is -0.139. The van der Waals surface area contributed by atoms with Gasteiger partial charge < -0.3 is 4.74 Å². The Hall–Kier alpha value is -0.560. The number of carbonyl (C=O) groups is 1. The number of hydrogen-bond donors (Lipinski definition) is 0. The molecule has 0 saturated heterocycles. The molecule has 0 aromatic heterocycles. The van der Waals surface area contributed by atoms with Crippen LogP contribution in [0.4, 0.5) is 0 Å². The summed E-state index contributed by atoms with van der Waals surface area (Å²) < 4.78 is 4.51. The van der Waals surface area contributed by atoms with Crippen molar-refractivity contribution in [3.05, 3.63) is 0 Å². The van der Waals surface area contributed by atoms with Gasteiger partial charge in [-0.1, -0.05) is 15.9 Å². The van der Waals surface area contributed by atoms with Gasteiger partial charge in [-0.3, -0.25) is 4.79 Å². The fourth-order valence-electron chi connectivity index (χ4n) is 0.200. The van der Waals surface area contributed by atoms with Crippen molar-refractivity contribution in [1.82, 2.24) is 0 Å². The molecule has 0 aliphatic heterocycles. The Morgan fingerprint density at radius 1 is 1.80 bits per heavy atom. The van der Waals surface area contributed by atoms with Crippen LogP contribution in [0.25, 0.3) is 0 Å². The quantitative estimate of drug-likeness (QED) is 0.510.